The molecule has 5 rings (SSSR count). The molecule has 0 aromatic heterocycles. The summed E-state index contributed by atoms with van der Waals surface area (Å²) in [7, 11) is 3.07. The summed E-state index contributed by atoms with van der Waals surface area (Å²) in [5.74, 6) is -0.378. The van der Waals surface area contributed by atoms with Crippen LogP contribution in [0.15, 0.2) is 30.4 Å². The Bertz CT molecular complexity index is 758. The molecule has 132 valence electrons. The molecule has 4 aliphatic rings. The first-order valence-electron chi connectivity index (χ1n) is 8.49. The number of benzene rings is 1. The molecule has 0 aliphatic heterocycles. The Kier molecular flexibility index (Phi) is 3.71. The van der Waals surface area contributed by atoms with Crippen LogP contribution in [0.5, 0.6) is 11.5 Å². The van der Waals surface area contributed by atoms with Gasteiger partial charge in [-0.3, -0.25) is 9.59 Å². The van der Waals surface area contributed by atoms with Crippen molar-refractivity contribution in [2.75, 3.05) is 19.5 Å². The van der Waals surface area contributed by atoms with E-state index in [0.717, 1.165) is 6.42 Å². The summed E-state index contributed by atoms with van der Waals surface area (Å²) >= 11 is 0. The third kappa shape index (κ3) is 2.47. The van der Waals surface area contributed by atoms with Crippen LogP contribution >= 0.6 is 0 Å². The third-order valence-corrected chi connectivity index (χ3v) is 5.90. The average molecular weight is 343 g/mol. The largest absolute Gasteiger partial charge is 0.497 e. The molecule has 1 amide bonds. The van der Waals surface area contributed by atoms with Crippen molar-refractivity contribution >= 4 is 17.6 Å². The number of hydrogen-bond donors (Lipinski definition) is 2. The number of ether oxygens (including phenoxy) is 2. The Balaban J connectivity index is 1.63. The summed E-state index contributed by atoms with van der Waals surface area (Å²) < 4.78 is 10.5. The number of hydrogen-bond acceptors (Lipinski definition) is 4. The highest BCUT2D eigenvalue weighted by molar-refractivity contribution is 5.97. The van der Waals surface area contributed by atoms with Crippen molar-refractivity contribution in [1.82, 2.24) is 0 Å². The molecule has 0 radical (unpaired) electrons. The van der Waals surface area contributed by atoms with Crippen molar-refractivity contribution in [3.05, 3.63) is 30.4 Å². The minimum Gasteiger partial charge on any atom is -0.497 e. The lowest BCUT2D eigenvalue weighted by Crippen LogP contribution is -2.48. The van der Waals surface area contributed by atoms with E-state index in [2.05, 4.69) is 5.32 Å². The van der Waals surface area contributed by atoms with Crippen molar-refractivity contribution in [2.24, 2.45) is 35.5 Å². The molecule has 25 heavy (non-hydrogen) atoms. The predicted molar refractivity (Wildman–Crippen MR) is 90.5 cm³/mol. The van der Waals surface area contributed by atoms with Gasteiger partial charge in [0.15, 0.2) is 0 Å². The van der Waals surface area contributed by atoms with Gasteiger partial charge in [-0.15, -0.1) is 0 Å². The van der Waals surface area contributed by atoms with Crippen LogP contribution in [0.4, 0.5) is 5.69 Å². The molecule has 6 heteroatoms. The van der Waals surface area contributed by atoms with E-state index < -0.39 is 17.8 Å². The average Bonchev–Trinajstić information content (AvgIpc) is 3.43. The van der Waals surface area contributed by atoms with Crippen molar-refractivity contribution in [3.8, 4) is 11.5 Å². The maximum absolute atomic E-state index is 13.0. The van der Waals surface area contributed by atoms with Gasteiger partial charge < -0.3 is 19.9 Å². The van der Waals surface area contributed by atoms with E-state index in [-0.39, 0.29) is 17.7 Å². The Morgan fingerprint density at radius 2 is 1.76 bits per heavy atom. The lowest BCUT2D eigenvalue weighted by atomic mass is 9.62. The van der Waals surface area contributed by atoms with Crippen LogP contribution in [0.25, 0.3) is 0 Å². The Labute approximate surface area is 145 Å². The molecule has 1 aromatic carbocycles. The summed E-state index contributed by atoms with van der Waals surface area (Å²) in [6.45, 7) is 0. The van der Waals surface area contributed by atoms with Crippen LogP contribution < -0.4 is 14.8 Å². The molecular formula is C19H21NO5. The summed E-state index contributed by atoms with van der Waals surface area (Å²) in [5.41, 5.74) is 0.494. The van der Waals surface area contributed by atoms with Gasteiger partial charge in [-0.25, -0.2) is 0 Å². The van der Waals surface area contributed by atoms with Gasteiger partial charge in [-0.05, 0) is 42.2 Å². The molecular weight excluding hydrogens is 322 g/mol. The fourth-order valence-corrected chi connectivity index (χ4v) is 4.70. The fraction of sp³-hybridized carbons (Fsp3) is 0.474. The molecule has 4 aliphatic carbocycles. The van der Waals surface area contributed by atoms with Gasteiger partial charge in [-0.1, -0.05) is 12.2 Å². The number of carbonyl (C=O) groups is 2. The first kappa shape index (κ1) is 16.0. The quantitative estimate of drug-likeness (QED) is 0.802. The highest BCUT2D eigenvalue weighted by atomic mass is 16.5. The van der Waals surface area contributed by atoms with E-state index in [1.165, 1.54) is 7.11 Å². The van der Waals surface area contributed by atoms with Gasteiger partial charge >= 0.3 is 5.97 Å². The molecule has 0 heterocycles. The molecule has 2 saturated carbocycles. The van der Waals surface area contributed by atoms with E-state index in [4.69, 9.17) is 9.47 Å². The number of carbonyl (C=O) groups excluding carboxylic acids is 1. The summed E-state index contributed by atoms with van der Waals surface area (Å²) in [4.78, 5) is 24.8. The van der Waals surface area contributed by atoms with Gasteiger partial charge in [0.05, 0.1) is 31.7 Å². The number of fused-ring (bicyclic) bond motifs is 1. The second-order valence-electron chi connectivity index (χ2n) is 7.05. The Hall–Kier alpha value is -2.50. The number of nitrogens with one attached hydrogen (secondary N) is 1. The number of amides is 1. The predicted octanol–water partition coefficient (Wildman–Crippen LogP) is 2.41. The molecule has 6 nitrogen and oxygen atoms in total. The van der Waals surface area contributed by atoms with Crippen molar-refractivity contribution < 1.29 is 24.2 Å². The molecule has 0 unspecified atom stereocenters. The van der Waals surface area contributed by atoms with E-state index >= 15 is 0 Å². The maximum Gasteiger partial charge on any atom is 0.307 e. The normalized spacial score (nSPS) is 34.2. The van der Waals surface area contributed by atoms with Crippen molar-refractivity contribution in [1.29, 1.82) is 0 Å². The summed E-state index contributed by atoms with van der Waals surface area (Å²) in [6, 6.07) is 5.14. The molecule has 0 saturated heterocycles. The van der Waals surface area contributed by atoms with E-state index in [1.807, 2.05) is 12.2 Å². The van der Waals surface area contributed by atoms with Crippen LogP contribution in [0.3, 0.4) is 0 Å². The highest BCUT2D eigenvalue weighted by Crippen LogP contribution is 2.63. The summed E-state index contributed by atoms with van der Waals surface area (Å²) in [5, 5.41) is 12.6. The van der Waals surface area contributed by atoms with Gasteiger partial charge in [0.2, 0.25) is 5.91 Å². The molecule has 1 aromatic rings. The standard InChI is InChI=1S/C19H21NO5/c1-24-9-3-6-15(25-2)14(7-9)20-18(21)16-10-4-5-11(13-8-12(10)13)17(16)19(22)23/h3-7,10-13,16-17H,8H2,1-2H3,(H,20,21)(H,22,23)/t10-,11-,12-,13-,16-,17+/m1/s1. The zero-order valence-electron chi connectivity index (χ0n) is 14.1. The minimum absolute atomic E-state index is 0.00713. The van der Waals surface area contributed by atoms with E-state index in [1.54, 1.807) is 25.3 Å². The van der Waals surface area contributed by atoms with Crippen molar-refractivity contribution in [3.63, 3.8) is 0 Å². The van der Waals surface area contributed by atoms with E-state index in [9.17, 15) is 14.7 Å². The number of anilines is 1. The zero-order valence-corrected chi connectivity index (χ0v) is 14.1. The van der Waals surface area contributed by atoms with Gasteiger partial charge in [0.25, 0.3) is 0 Å². The van der Waals surface area contributed by atoms with Crippen LogP contribution in [0.1, 0.15) is 6.42 Å². The maximum atomic E-state index is 13.0. The molecule has 0 spiro atoms. The first-order chi connectivity index (χ1) is 12.0. The molecule has 2 fully saturated rings. The molecule has 6 atom stereocenters. The minimum atomic E-state index is -0.887. The summed E-state index contributed by atoms with van der Waals surface area (Å²) in [6.07, 6.45) is 5.08. The number of aliphatic carboxylic acids is 1. The SMILES string of the molecule is COc1ccc(OC)c(NC(=O)[C@@H]2[C@@H]3C=C[C@H]([C@H]4C[C@H]34)[C@@H]2C(=O)O)c1. The van der Waals surface area contributed by atoms with Crippen LogP contribution in [0.2, 0.25) is 0 Å². The Morgan fingerprint density at radius 1 is 1.08 bits per heavy atom. The van der Waals surface area contributed by atoms with Gasteiger partial charge in [-0.2, -0.15) is 0 Å². The third-order valence-electron chi connectivity index (χ3n) is 5.90. The van der Waals surface area contributed by atoms with Crippen LogP contribution in [-0.2, 0) is 9.59 Å². The van der Waals surface area contributed by atoms with E-state index in [0.29, 0.717) is 29.0 Å². The van der Waals surface area contributed by atoms with Crippen molar-refractivity contribution in [2.45, 2.75) is 6.42 Å². The van der Waals surface area contributed by atoms with Crippen LogP contribution in [-0.4, -0.2) is 31.2 Å². The lowest BCUT2D eigenvalue weighted by molar-refractivity contribution is -0.152. The number of methoxy groups -OCH3 is 2. The number of carboxylic acids is 1. The topological polar surface area (TPSA) is 84.9 Å². The van der Waals surface area contributed by atoms with Gasteiger partial charge in [0, 0.05) is 6.07 Å². The smallest absolute Gasteiger partial charge is 0.307 e. The number of allylic oxidation sites excluding steroid dienone is 2. The molecule has 2 bridgehead atoms. The Morgan fingerprint density at radius 3 is 2.36 bits per heavy atom. The number of rotatable bonds is 5. The number of carboxylic acid groups (broad SMARTS) is 1. The first-order valence-corrected chi connectivity index (χ1v) is 8.49. The van der Waals surface area contributed by atoms with Gasteiger partial charge in [0.1, 0.15) is 11.5 Å². The fourth-order valence-electron chi connectivity index (χ4n) is 4.70. The monoisotopic (exact) mass is 343 g/mol. The molecule has 2 N–H and O–H groups in total. The highest BCUT2D eigenvalue weighted by Gasteiger charge is 2.63. The van der Waals surface area contributed by atoms with Crippen LogP contribution in [0, 0.1) is 35.5 Å². The zero-order chi connectivity index (χ0) is 17.7. The lowest BCUT2D eigenvalue weighted by Gasteiger charge is -2.41. The second-order valence-corrected chi connectivity index (χ2v) is 7.05. The second kappa shape index (κ2) is 5.79.